The van der Waals surface area contributed by atoms with Crippen molar-refractivity contribution in [2.24, 2.45) is 0 Å². The fraction of sp³-hybridized carbons (Fsp3) is 0.290. The third-order valence-electron chi connectivity index (χ3n) is 6.56. The number of rotatable bonds is 5. The molecular formula is C31H31FN4O5S. The van der Waals surface area contributed by atoms with Gasteiger partial charge in [-0.3, -0.25) is 19.2 Å². The molecule has 2 aromatic heterocycles. The number of thioether (sulfide) groups is 1. The molecule has 9 nitrogen and oxygen atoms in total. The number of carbonyl (C=O) groups is 3. The number of hydrogen-bond acceptors (Lipinski definition) is 7. The van der Waals surface area contributed by atoms with Crippen LogP contribution in [0.4, 0.5) is 14.0 Å². The summed E-state index contributed by atoms with van der Waals surface area (Å²) in [5.41, 5.74) is 0.748. The minimum Gasteiger partial charge on any atom is -0.457 e. The lowest BCUT2D eigenvalue weighted by Crippen LogP contribution is -2.45. The van der Waals surface area contributed by atoms with Crippen molar-refractivity contribution in [1.29, 1.82) is 0 Å². The van der Waals surface area contributed by atoms with Crippen LogP contribution in [0.3, 0.4) is 0 Å². The molecule has 2 atom stereocenters. The zero-order valence-electron chi connectivity index (χ0n) is 23.9. The Morgan fingerprint density at radius 2 is 1.76 bits per heavy atom. The van der Waals surface area contributed by atoms with Gasteiger partial charge in [0.15, 0.2) is 5.78 Å². The van der Waals surface area contributed by atoms with Gasteiger partial charge in [-0.1, -0.05) is 6.07 Å². The molecule has 42 heavy (non-hydrogen) atoms. The van der Waals surface area contributed by atoms with Crippen molar-refractivity contribution < 1.29 is 28.2 Å². The second-order valence-electron chi connectivity index (χ2n) is 11.1. The van der Waals surface area contributed by atoms with Crippen molar-refractivity contribution in [3.63, 3.8) is 0 Å². The SMILES string of the molecule is CN(C)C(=O)n1cc(C(=O)[C@@H]2CSC(c3cccnc3)N2C(=O)OC(C)(C)C)c2ccc(Oc3ccc(F)cc3)cc21. The van der Waals surface area contributed by atoms with Crippen LogP contribution in [0, 0.1) is 5.82 Å². The van der Waals surface area contributed by atoms with Crippen LogP contribution in [0.1, 0.15) is 42.1 Å². The van der Waals surface area contributed by atoms with E-state index in [1.165, 1.54) is 56.6 Å². The maximum Gasteiger partial charge on any atom is 0.412 e. The van der Waals surface area contributed by atoms with E-state index in [9.17, 15) is 18.8 Å². The first-order chi connectivity index (χ1) is 19.9. The first-order valence-electron chi connectivity index (χ1n) is 13.3. The summed E-state index contributed by atoms with van der Waals surface area (Å²) in [6, 6.07) is 13.1. The maximum atomic E-state index is 14.2. The van der Waals surface area contributed by atoms with Gasteiger partial charge >= 0.3 is 12.1 Å². The van der Waals surface area contributed by atoms with Gasteiger partial charge in [0, 0.05) is 61.0 Å². The number of Topliss-reactive ketones (excluding diaryl/α,β-unsaturated/α-hetero) is 1. The Morgan fingerprint density at radius 1 is 1.05 bits per heavy atom. The molecule has 0 spiro atoms. The molecule has 0 aliphatic carbocycles. The first kappa shape index (κ1) is 29.1. The quantitative estimate of drug-likeness (QED) is 0.238. The Balaban J connectivity index is 1.55. The van der Waals surface area contributed by atoms with Crippen LogP contribution < -0.4 is 4.74 Å². The summed E-state index contributed by atoms with van der Waals surface area (Å²) in [6.45, 7) is 5.32. The Labute approximate surface area is 247 Å². The number of hydrogen-bond donors (Lipinski definition) is 0. The van der Waals surface area contributed by atoms with Crippen LogP contribution in [0.5, 0.6) is 11.5 Å². The molecule has 5 rings (SSSR count). The maximum absolute atomic E-state index is 14.2. The molecule has 0 saturated carbocycles. The Morgan fingerprint density at radius 3 is 2.40 bits per heavy atom. The summed E-state index contributed by atoms with van der Waals surface area (Å²) in [7, 11) is 3.23. The van der Waals surface area contributed by atoms with Crippen molar-refractivity contribution in [3.8, 4) is 11.5 Å². The van der Waals surface area contributed by atoms with Crippen LogP contribution in [0.15, 0.2) is 73.2 Å². The second kappa shape index (κ2) is 11.5. The average molecular weight is 591 g/mol. The van der Waals surface area contributed by atoms with Crippen molar-refractivity contribution in [3.05, 3.63) is 90.1 Å². The van der Waals surface area contributed by atoms with E-state index in [2.05, 4.69) is 4.98 Å². The number of aromatic nitrogens is 2. The van der Waals surface area contributed by atoms with Crippen molar-refractivity contribution in [2.45, 2.75) is 37.8 Å². The third kappa shape index (κ3) is 5.96. The summed E-state index contributed by atoms with van der Waals surface area (Å²) in [5, 5.41) is 0.0515. The van der Waals surface area contributed by atoms with Gasteiger partial charge in [-0.25, -0.2) is 14.0 Å². The number of nitrogens with zero attached hydrogens (tertiary/aromatic N) is 4. The summed E-state index contributed by atoms with van der Waals surface area (Å²) < 4.78 is 26.4. The lowest BCUT2D eigenvalue weighted by Gasteiger charge is -2.31. The lowest BCUT2D eigenvalue weighted by atomic mass is 10.0. The predicted molar refractivity (Wildman–Crippen MR) is 159 cm³/mol. The van der Waals surface area contributed by atoms with E-state index in [0.29, 0.717) is 33.7 Å². The van der Waals surface area contributed by atoms with Gasteiger partial charge in [-0.2, -0.15) is 0 Å². The third-order valence-corrected chi connectivity index (χ3v) is 7.88. The number of ketones is 1. The highest BCUT2D eigenvalue weighted by Crippen LogP contribution is 2.43. The lowest BCUT2D eigenvalue weighted by molar-refractivity contribution is 0.0172. The fourth-order valence-electron chi connectivity index (χ4n) is 4.68. The van der Waals surface area contributed by atoms with Crippen LogP contribution in [-0.4, -0.2) is 68.7 Å². The predicted octanol–water partition coefficient (Wildman–Crippen LogP) is 6.73. The highest BCUT2D eigenvalue weighted by Gasteiger charge is 2.45. The molecule has 0 N–H and O–H groups in total. The minimum atomic E-state index is -0.848. The number of pyridine rings is 1. The molecule has 1 aliphatic heterocycles. The van der Waals surface area contributed by atoms with E-state index >= 15 is 0 Å². The number of ether oxygens (including phenoxy) is 2. The van der Waals surface area contributed by atoms with E-state index in [-0.39, 0.29) is 17.6 Å². The molecule has 3 heterocycles. The number of benzene rings is 2. The van der Waals surface area contributed by atoms with Gasteiger partial charge in [-0.05, 0) is 63.2 Å². The smallest absolute Gasteiger partial charge is 0.412 e. The molecule has 1 fully saturated rings. The molecule has 1 saturated heterocycles. The van der Waals surface area contributed by atoms with E-state index in [0.717, 1.165) is 5.56 Å². The van der Waals surface area contributed by atoms with Crippen LogP contribution in [0.25, 0.3) is 10.9 Å². The fourth-order valence-corrected chi connectivity index (χ4v) is 6.09. The van der Waals surface area contributed by atoms with Gasteiger partial charge < -0.3 is 14.4 Å². The van der Waals surface area contributed by atoms with E-state index in [1.54, 1.807) is 71.5 Å². The van der Waals surface area contributed by atoms with E-state index < -0.39 is 23.1 Å². The monoisotopic (exact) mass is 590 g/mol. The molecule has 0 bridgehead atoms. The molecule has 11 heteroatoms. The van der Waals surface area contributed by atoms with Crippen LogP contribution in [0.2, 0.25) is 0 Å². The molecule has 1 aliphatic rings. The first-order valence-corrected chi connectivity index (χ1v) is 14.3. The number of fused-ring (bicyclic) bond motifs is 1. The van der Waals surface area contributed by atoms with Gasteiger partial charge in [-0.15, -0.1) is 11.8 Å². The Kier molecular flexibility index (Phi) is 7.96. The van der Waals surface area contributed by atoms with Gasteiger partial charge in [0.05, 0.1) is 5.52 Å². The van der Waals surface area contributed by atoms with Crippen LogP contribution in [-0.2, 0) is 4.74 Å². The number of amides is 2. The van der Waals surface area contributed by atoms with E-state index in [4.69, 9.17) is 9.47 Å². The van der Waals surface area contributed by atoms with Crippen molar-refractivity contribution in [2.75, 3.05) is 19.8 Å². The molecule has 2 amide bonds. The average Bonchev–Trinajstić information content (AvgIpc) is 3.55. The summed E-state index contributed by atoms with van der Waals surface area (Å²) in [4.78, 5) is 48.0. The van der Waals surface area contributed by atoms with Gasteiger partial charge in [0.2, 0.25) is 0 Å². The minimum absolute atomic E-state index is 0.291. The molecule has 2 aromatic carbocycles. The Hall–Kier alpha value is -4.38. The standard InChI is InChI=1S/C31H31FN4O5S/c1-31(2,3)41-30(39)36-26(18-42-28(36)19-7-6-14-33-16-19)27(37)24-17-35(29(38)34(4)5)25-15-22(12-13-23(24)25)40-21-10-8-20(32)9-11-21/h6-17,26,28H,18H2,1-5H3/t26-,28?/m0/s1. The van der Waals surface area contributed by atoms with Crippen molar-refractivity contribution in [1.82, 2.24) is 19.4 Å². The molecular weight excluding hydrogens is 559 g/mol. The number of carbonyl (C=O) groups excluding carboxylic acids is 3. The number of halogens is 1. The summed E-state index contributed by atoms with van der Waals surface area (Å²) in [6.07, 6.45) is 4.22. The zero-order valence-corrected chi connectivity index (χ0v) is 24.7. The van der Waals surface area contributed by atoms with Crippen LogP contribution >= 0.6 is 11.8 Å². The largest absolute Gasteiger partial charge is 0.457 e. The normalized spacial score (nSPS) is 16.9. The van der Waals surface area contributed by atoms with Gasteiger partial charge in [0.25, 0.3) is 0 Å². The zero-order chi connectivity index (χ0) is 30.2. The molecule has 218 valence electrons. The Bertz CT molecular complexity index is 1630. The van der Waals surface area contributed by atoms with E-state index in [1.807, 2.05) is 6.07 Å². The highest BCUT2D eigenvalue weighted by atomic mass is 32.2. The summed E-state index contributed by atoms with van der Waals surface area (Å²) in [5.74, 6) is 0.450. The molecule has 1 unspecified atom stereocenters. The highest BCUT2D eigenvalue weighted by molar-refractivity contribution is 7.99. The summed E-state index contributed by atoms with van der Waals surface area (Å²) >= 11 is 1.45. The molecule has 4 aromatic rings. The van der Waals surface area contributed by atoms with Gasteiger partial charge in [0.1, 0.15) is 34.3 Å². The second-order valence-corrected chi connectivity index (χ2v) is 12.2. The topological polar surface area (TPSA) is 94.0 Å². The van der Waals surface area contributed by atoms with Crippen molar-refractivity contribution >= 4 is 40.6 Å². The molecule has 0 radical (unpaired) electrons.